The summed E-state index contributed by atoms with van der Waals surface area (Å²) < 4.78 is 15.2. The molecule has 6 nitrogen and oxygen atoms in total. The van der Waals surface area contributed by atoms with Crippen LogP contribution in [0.5, 0.6) is 0 Å². The third-order valence-corrected chi connectivity index (χ3v) is 5.81. The van der Waals surface area contributed by atoms with Crippen molar-refractivity contribution in [2.24, 2.45) is 0 Å². The summed E-state index contributed by atoms with van der Waals surface area (Å²) in [5.74, 6) is 6.09. The molecule has 0 aliphatic carbocycles. The van der Waals surface area contributed by atoms with E-state index in [4.69, 9.17) is 5.84 Å². The fraction of sp³-hybridized carbons (Fsp3) is 0.167. The Bertz CT molecular complexity index is 947. The van der Waals surface area contributed by atoms with Crippen LogP contribution in [0.2, 0.25) is 0 Å². The summed E-state index contributed by atoms with van der Waals surface area (Å²) in [5, 5.41) is 11.1. The first-order valence-corrected chi connectivity index (χ1v) is 9.85. The van der Waals surface area contributed by atoms with Crippen molar-refractivity contribution in [2.75, 3.05) is 11.2 Å². The van der Waals surface area contributed by atoms with Crippen molar-refractivity contribution < 1.29 is 9.18 Å². The molecule has 0 aliphatic rings. The van der Waals surface area contributed by atoms with Gasteiger partial charge < -0.3 is 11.2 Å². The molecule has 1 heterocycles. The van der Waals surface area contributed by atoms with E-state index in [0.29, 0.717) is 23.1 Å². The molecule has 9 heteroatoms. The monoisotopic (exact) mass is 449 g/mol. The molecule has 3 rings (SSSR count). The van der Waals surface area contributed by atoms with Crippen molar-refractivity contribution in [1.29, 1.82) is 0 Å². The molecule has 0 bridgehead atoms. The number of amides is 1. The summed E-state index contributed by atoms with van der Waals surface area (Å²) >= 11 is 4.70. The summed E-state index contributed by atoms with van der Waals surface area (Å²) in [6.07, 6.45) is 0.564. The summed E-state index contributed by atoms with van der Waals surface area (Å²) in [4.78, 5) is 12.5. The normalized spacial score (nSPS) is 12.0. The zero-order valence-corrected chi connectivity index (χ0v) is 16.8. The van der Waals surface area contributed by atoms with E-state index in [1.54, 1.807) is 0 Å². The van der Waals surface area contributed by atoms with Crippen LogP contribution < -0.4 is 11.2 Å². The van der Waals surface area contributed by atoms with Gasteiger partial charge in [0, 0.05) is 15.7 Å². The number of aromatic nitrogens is 3. The zero-order valence-electron chi connectivity index (χ0n) is 14.4. The molecule has 1 atom stereocenters. The van der Waals surface area contributed by atoms with Gasteiger partial charge in [-0.1, -0.05) is 46.7 Å². The third-order valence-electron chi connectivity index (χ3n) is 3.80. The molecule has 1 aromatic heterocycles. The molecule has 0 saturated carbocycles. The second-order valence-electron chi connectivity index (χ2n) is 5.67. The Morgan fingerprint density at radius 3 is 2.63 bits per heavy atom. The summed E-state index contributed by atoms with van der Waals surface area (Å²) in [5.41, 5.74) is 1.34. The highest BCUT2D eigenvalue weighted by atomic mass is 79.9. The van der Waals surface area contributed by atoms with Crippen LogP contribution in [0, 0.1) is 5.82 Å². The average molecular weight is 450 g/mol. The zero-order chi connectivity index (χ0) is 19.4. The van der Waals surface area contributed by atoms with Gasteiger partial charge in [0.1, 0.15) is 5.82 Å². The van der Waals surface area contributed by atoms with Crippen LogP contribution in [-0.2, 0) is 4.79 Å². The Balaban J connectivity index is 1.76. The minimum absolute atomic E-state index is 0.209. The van der Waals surface area contributed by atoms with Crippen molar-refractivity contribution in [1.82, 2.24) is 14.9 Å². The molecule has 3 N–H and O–H groups in total. The topological polar surface area (TPSA) is 85.8 Å². The Hall–Kier alpha value is -2.39. The molecule has 2 aromatic carbocycles. The second-order valence-corrected chi connectivity index (χ2v) is 7.69. The number of nitrogens with zero attached hydrogens (tertiary/aromatic N) is 3. The SMILES string of the molecule is CCC(Sc1nnc(-c2ccccc2Br)n1N)C(=O)Nc1ccc(F)cc1. The average Bonchev–Trinajstić information content (AvgIpc) is 3.02. The Kier molecular flexibility index (Phi) is 6.12. The van der Waals surface area contributed by atoms with Gasteiger partial charge in [0.15, 0.2) is 5.82 Å². The van der Waals surface area contributed by atoms with Gasteiger partial charge in [-0.3, -0.25) is 4.79 Å². The highest BCUT2D eigenvalue weighted by Crippen LogP contribution is 2.30. The molecule has 1 amide bonds. The van der Waals surface area contributed by atoms with Crippen LogP contribution in [0.1, 0.15) is 13.3 Å². The number of anilines is 1. The highest BCUT2D eigenvalue weighted by Gasteiger charge is 2.23. The minimum Gasteiger partial charge on any atom is -0.335 e. The molecule has 0 fully saturated rings. The predicted molar refractivity (Wildman–Crippen MR) is 108 cm³/mol. The molecular formula is C18H17BrFN5OS. The number of hydrogen-bond donors (Lipinski definition) is 2. The number of rotatable bonds is 6. The van der Waals surface area contributed by atoms with E-state index in [-0.39, 0.29) is 11.7 Å². The Labute approximate surface area is 168 Å². The summed E-state index contributed by atoms with van der Waals surface area (Å²) in [6.45, 7) is 1.90. The number of carbonyl (C=O) groups excluding carboxylic acids is 1. The van der Waals surface area contributed by atoms with Crippen LogP contribution in [-0.4, -0.2) is 26.0 Å². The van der Waals surface area contributed by atoms with Crippen molar-refractivity contribution in [3.05, 3.63) is 58.8 Å². The number of halogens is 2. The van der Waals surface area contributed by atoms with E-state index in [1.807, 2.05) is 31.2 Å². The Morgan fingerprint density at radius 1 is 1.26 bits per heavy atom. The Morgan fingerprint density at radius 2 is 1.96 bits per heavy atom. The molecule has 1 unspecified atom stereocenters. The molecule has 0 aliphatic heterocycles. The van der Waals surface area contributed by atoms with Gasteiger partial charge >= 0.3 is 0 Å². The molecule has 0 saturated heterocycles. The quantitative estimate of drug-likeness (QED) is 0.437. The van der Waals surface area contributed by atoms with E-state index in [0.717, 1.165) is 10.0 Å². The van der Waals surface area contributed by atoms with Gasteiger partial charge in [-0.05, 0) is 42.8 Å². The number of nitrogens with two attached hydrogens (primary N) is 1. The maximum Gasteiger partial charge on any atom is 0.237 e. The van der Waals surface area contributed by atoms with Gasteiger partial charge in [0.05, 0.1) is 5.25 Å². The molecular weight excluding hydrogens is 433 g/mol. The number of thioether (sulfide) groups is 1. The lowest BCUT2D eigenvalue weighted by molar-refractivity contribution is -0.115. The fourth-order valence-electron chi connectivity index (χ4n) is 2.39. The van der Waals surface area contributed by atoms with Gasteiger partial charge in [-0.2, -0.15) is 0 Å². The van der Waals surface area contributed by atoms with Crippen LogP contribution in [0.4, 0.5) is 10.1 Å². The van der Waals surface area contributed by atoms with Crippen LogP contribution in [0.15, 0.2) is 58.2 Å². The molecule has 0 radical (unpaired) electrons. The van der Waals surface area contributed by atoms with E-state index >= 15 is 0 Å². The molecule has 27 heavy (non-hydrogen) atoms. The maximum absolute atomic E-state index is 13.0. The number of carbonyl (C=O) groups is 1. The van der Waals surface area contributed by atoms with Gasteiger partial charge in [0.2, 0.25) is 11.1 Å². The first-order chi connectivity index (χ1) is 13.0. The van der Waals surface area contributed by atoms with Crippen LogP contribution in [0.25, 0.3) is 11.4 Å². The summed E-state index contributed by atoms with van der Waals surface area (Å²) in [7, 11) is 0. The lowest BCUT2D eigenvalue weighted by Crippen LogP contribution is -2.25. The summed E-state index contributed by atoms with van der Waals surface area (Å²) in [6, 6.07) is 13.2. The molecule has 140 valence electrons. The van der Waals surface area contributed by atoms with Crippen molar-refractivity contribution in [3.8, 4) is 11.4 Å². The van der Waals surface area contributed by atoms with Crippen molar-refractivity contribution in [2.45, 2.75) is 23.8 Å². The first-order valence-electron chi connectivity index (χ1n) is 8.18. The smallest absolute Gasteiger partial charge is 0.237 e. The van der Waals surface area contributed by atoms with Gasteiger partial charge in [-0.15, -0.1) is 10.2 Å². The fourth-order valence-corrected chi connectivity index (χ4v) is 3.73. The van der Waals surface area contributed by atoms with E-state index in [9.17, 15) is 9.18 Å². The van der Waals surface area contributed by atoms with Crippen LogP contribution >= 0.6 is 27.7 Å². The number of hydrogen-bond acceptors (Lipinski definition) is 5. The van der Waals surface area contributed by atoms with Crippen molar-refractivity contribution in [3.63, 3.8) is 0 Å². The largest absolute Gasteiger partial charge is 0.335 e. The van der Waals surface area contributed by atoms with Gasteiger partial charge in [-0.25, -0.2) is 9.07 Å². The standard InChI is InChI=1S/C18H17BrFN5OS/c1-2-15(17(26)22-12-9-7-11(20)8-10-12)27-18-24-23-16(25(18)21)13-5-3-4-6-14(13)19/h3-10,15H,2,21H2,1H3,(H,22,26). The highest BCUT2D eigenvalue weighted by molar-refractivity contribution is 9.10. The first kappa shape index (κ1) is 19.4. The van der Waals surface area contributed by atoms with Crippen LogP contribution in [0.3, 0.4) is 0 Å². The van der Waals surface area contributed by atoms with Gasteiger partial charge in [0.25, 0.3) is 0 Å². The number of nitrogens with one attached hydrogen (secondary N) is 1. The minimum atomic E-state index is -0.423. The lowest BCUT2D eigenvalue weighted by atomic mass is 10.2. The lowest BCUT2D eigenvalue weighted by Gasteiger charge is -2.14. The maximum atomic E-state index is 13.0. The number of benzene rings is 2. The number of nitrogen functional groups attached to an aromatic ring is 1. The van der Waals surface area contributed by atoms with Crippen molar-refractivity contribution >= 4 is 39.3 Å². The second kappa shape index (κ2) is 8.53. The molecule has 0 spiro atoms. The molecule has 3 aromatic rings. The predicted octanol–water partition coefficient (Wildman–Crippen LogP) is 4.07. The third kappa shape index (κ3) is 4.48. The van der Waals surface area contributed by atoms with E-state index < -0.39 is 5.25 Å². The van der Waals surface area contributed by atoms with E-state index in [1.165, 1.54) is 40.7 Å². The van der Waals surface area contributed by atoms with E-state index in [2.05, 4.69) is 31.4 Å².